The maximum absolute atomic E-state index is 14.8. The number of nitriles is 1. The molecule has 2 atom stereocenters. The van der Waals surface area contributed by atoms with Crippen LogP contribution in [0, 0.1) is 24.1 Å². The summed E-state index contributed by atoms with van der Waals surface area (Å²) in [5.74, 6) is -0.373. The van der Waals surface area contributed by atoms with Crippen molar-refractivity contribution < 1.29 is 13.9 Å². The number of halogens is 1. The summed E-state index contributed by atoms with van der Waals surface area (Å²) in [4.78, 5) is 20.7. The third kappa shape index (κ3) is 6.30. The number of carbonyl (C=O) groups is 1. The largest absolute Gasteiger partial charge is 0.444 e. The highest BCUT2D eigenvalue weighted by atomic mass is 19.1. The van der Waals surface area contributed by atoms with Crippen LogP contribution in [0.5, 0.6) is 0 Å². The SMILES string of the molecule is Cc1cncc(Nc2nc(N[C@H]3CCCC[C@H]3NC(=O)OC(C)(C)C)c(F)cc2C#N)c1. The highest BCUT2D eigenvalue weighted by molar-refractivity contribution is 5.68. The van der Waals surface area contributed by atoms with Crippen LogP contribution in [-0.2, 0) is 4.74 Å². The Labute approximate surface area is 187 Å². The van der Waals surface area contributed by atoms with Crippen molar-refractivity contribution in [1.82, 2.24) is 15.3 Å². The van der Waals surface area contributed by atoms with Crippen molar-refractivity contribution in [3.63, 3.8) is 0 Å². The zero-order chi connectivity index (χ0) is 23.3. The number of hydrogen-bond donors (Lipinski definition) is 3. The van der Waals surface area contributed by atoms with Crippen LogP contribution in [0.2, 0.25) is 0 Å². The van der Waals surface area contributed by atoms with Crippen LogP contribution < -0.4 is 16.0 Å². The van der Waals surface area contributed by atoms with Crippen LogP contribution in [0.3, 0.4) is 0 Å². The van der Waals surface area contributed by atoms with Crippen LogP contribution in [0.15, 0.2) is 24.5 Å². The molecule has 0 radical (unpaired) electrons. The van der Waals surface area contributed by atoms with E-state index in [-0.39, 0.29) is 29.3 Å². The average molecular weight is 441 g/mol. The number of ether oxygens (including phenoxy) is 1. The predicted molar refractivity (Wildman–Crippen MR) is 120 cm³/mol. The van der Waals surface area contributed by atoms with Gasteiger partial charge in [0.2, 0.25) is 0 Å². The number of rotatable bonds is 5. The lowest BCUT2D eigenvalue weighted by Crippen LogP contribution is -2.50. The monoisotopic (exact) mass is 440 g/mol. The highest BCUT2D eigenvalue weighted by Crippen LogP contribution is 2.27. The Hall–Kier alpha value is -3.41. The third-order valence-electron chi connectivity index (χ3n) is 5.02. The van der Waals surface area contributed by atoms with E-state index < -0.39 is 17.5 Å². The fraction of sp³-hybridized carbons (Fsp3) is 0.478. The molecule has 8 nitrogen and oxygen atoms in total. The summed E-state index contributed by atoms with van der Waals surface area (Å²) in [5, 5.41) is 18.5. The van der Waals surface area contributed by atoms with Crippen LogP contribution >= 0.6 is 0 Å². The molecule has 3 N–H and O–H groups in total. The molecule has 2 aromatic rings. The first kappa shape index (κ1) is 23.3. The van der Waals surface area contributed by atoms with Gasteiger partial charge in [-0.15, -0.1) is 0 Å². The maximum Gasteiger partial charge on any atom is 0.407 e. The van der Waals surface area contributed by atoms with Crippen LogP contribution in [0.4, 0.5) is 26.5 Å². The maximum atomic E-state index is 14.8. The van der Waals surface area contributed by atoms with Gasteiger partial charge in [-0.3, -0.25) is 4.98 Å². The van der Waals surface area contributed by atoms with Gasteiger partial charge in [-0.1, -0.05) is 12.8 Å². The van der Waals surface area contributed by atoms with Crippen molar-refractivity contribution in [1.29, 1.82) is 5.26 Å². The summed E-state index contributed by atoms with van der Waals surface area (Å²) in [6.07, 6.45) is 6.20. The fourth-order valence-corrected chi connectivity index (χ4v) is 3.64. The van der Waals surface area contributed by atoms with Crippen molar-refractivity contribution in [2.24, 2.45) is 0 Å². The molecule has 2 aromatic heterocycles. The molecule has 1 fully saturated rings. The van der Waals surface area contributed by atoms with Crippen molar-refractivity contribution in [2.75, 3.05) is 10.6 Å². The quantitative estimate of drug-likeness (QED) is 0.613. The highest BCUT2D eigenvalue weighted by Gasteiger charge is 2.29. The minimum absolute atomic E-state index is 0.0231. The summed E-state index contributed by atoms with van der Waals surface area (Å²) in [6.45, 7) is 7.31. The number of nitrogens with one attached hydrogen (secondary N) is 3. The minimum Gasteiger partial charge on any atom is -0.444 e. The minimum atomic E-state index is -0.629. The fourth-order valence-electron chi connectivity index (χ4n) is 3.64. The number of aromatic nitrogens is 2. The summed E-state index contributed by atoms with van der Waals surface area (Å²) >= 11 is 0. The van der Waals surface area contributed by atoms with E-state index >= 15 is 0 Å². The number of anilines is 3. The number of nitrogens with zero attached hydrogens (tertiary/aromatic N) is 3. The Balaban J connectivity index is 1.80. The molecule has 1 saturated carbocycles. The van der Waals surface area contributed by atoms with E-state index in [2.05, 4.69) is 25.9 Å². The predicted octanol–water partition coefficient (Wildman–Crippen LogP) is 4.79. The number of hydrogen-bond acceptors (Lipinski definition) is 7. The number of alkyl carbamates (subject to hydrolysis) is 1. The van der Waals surface area contributed by atoms with E-state index in [1.807, 2.05) is 19.1 Å². The van der Waals surface area contributed by atoms with Crippen LogP contribution in [-0.4, -0.2) is 33.7 Å². The molecule has 0 unspecified atom stereocenters. The molecular formula is C23H29FN6O2. The first-order valence-corrected chi connectivity index (χ1v) is 10.7. The molecular weight excluding hydrogens is 411 g/mol. The molecule has 0 saturated heterocycles. The molecule has 32 heavy (non-hydrogen) atoms. The van der Waals surface area contributed by atoms with Crippen molar-refractivity contribution in [3.8, 4) is 6.07 Å². The van der Waals surface area contributed by atoms with Gasteiger partial charge in [-0.05, 0) is 58.2 Å². The van der Waals surface area contributed by atoms with Crippen LogP contribution in [0.1, 0.15) is 57.6 Å². The molecule has 9 heteroatoms. The Morgan fingerprint density at radius 2 is 1.91 bits per heavy atom. The van der Waals surface area contributed by atoms with Gasteiger partial charge in [0, 0.05) is 12.2 Å². The molecule has 2 heterocycles. The Morgan fingerprint density at radius 3 is 2.56 bits per heavy atom. The lowest BCUT2D eigenvalue weighted by molar-refractivity contribution is 0.0488. The smallest absolute Gasteiger partial charge is 0.407 e. The Morgan fingerprint density at radius 1 is 1.19 bits per heavy atom. The van der Waals surface area contributed by atoms with Crippen molar-refractivity contribution in [2.45, 2.75) is 71.1 Å². The summed E-state index contributed by atoms with van der Waals surface area (Å²) in [5.41, 5.74) is 1.07. The molecule has 170 valence electrons. The Kier molecular flexibility index (Phi) is 7.13. The summed E-state index contributed by atoms with van der Waals surface area (Å²) in [7, 11) is 0. The van der Waals surface area contributed by atoms with E-state index in [0.717, 1.165) is 37.3 Å². The number of carbonyl (C=O) groups excluding carboxylic acids is 1. The molecule has 0 spiro atoms. The summed E-state index contributed by atoms with van der Waals surface area (Å²) < 4.78 is 20.1. The zero-order valence-electron chi connectivity index (χ0n) is 18.8. The van der Waals surface area contributed by atoms with Gasteiger partial charge in [0.1, 0.15) is 11.7 Å². The normalized spacial score (nSPS) is 18.4. The van der Waals surface area contributed by atoms with Gasteiger partial charge in [0.25, 0.3) is 0 Å². The van der Waals surface area contributed by atoms with Gasteiger partial charge in [-0.2, -0.15) is 5.26 Å². The van der Waals surface area contributed by atoms with Gasteiger partial charge in [-0.25, -0.2) is 14.2 Å². The third-order valence-corrected chi connectivity index (χ3v) is 5.02. The van der Waals surface area contributed by atoms with Crippen LogP contribution in [0.25, 0.3) is 0 Å². The van der Waals surface area contributed by atoms with Gasteiger partial charge >= 0.3 is 6.09 Å². The van der Waals surface area contributed by atoms with Gasteiger partial charge in [0.15, 0.2) is 17.5 Å². The molecule has 1 aliphatic carbocycles. The second kappa shape index (κ2) is 9.81. The first-order valence-electron chi connectivity index (χ1n) is 10.7. The van der Waals surface area contributed by atoms with E-state index in [1.165, 1.54) is 0 Å². The lowest BCUT2D eigenvalue weighted by Gasteiger charge is -2.33. The molecule has 0 bridgehead atoms. The standard InChI is InChI=1S/C23H29FN6O2/c1-14-9-16(13-26-12-14)27-20-15(11-25)10-17(24)21(30-20)28-18-7-5-6-8-19(18)29-22(31)32-23(2,3)4/h9-10,12-13,18-19H,5-8H2,1-4H3,(H,29,31)(H2,27,28,30)/t18-,19+/m0/s1. The molecule has 1 aliphatic rings. The van der Waals surface area contributed by atoms with Crippen molar-refractivity contribution in [3.05, 3.63) is 41.5 Å². The zero-order valence-corrected chi connectivity index (χ0v) is 18.8. The lowest BCUT2D eigenvalue weighted by atomic mass is 9.90. The van der Waals surface area contributed by atoms with Crippen molar-refractivity contribution >= 4 is 23.4 Å². The Bertz CT molecular complexity index is 1010. The average Bonchev–Trinajstić information content (AvgIpc) is 2.70. The number of aryl methyl sites for hydroxylation is 1. The van der Waals surface area contributed by atoms with E-state index in [9.17, 15) is 14.4 Å². The van der Waals surface area contributed by atoms with E-state index in [1.54, 1.807) is 33.2 Å². The first-order chi connectivity index (χ1) is 15.1. The second-order valence-electron chi connectivity index (χ2n) is 8.99. The second-order valence-corrected chi connectivity index (χ2v) is 8.99. The topological polar surface area (TPSA) is 112 Å². The van der Waals surface area contributed by atoms with E-state index in [0.29, 0.717) is 5.69 Å². The van der Waals surface area contributed by atoms with Gasteiger partial charge < -0.3 is 20.7 Å². The number of pyridine rings is 2. The molecule has 0 aliphatic heterocycles. The number of amides is 1. The summed E-state index contributed by atoms with van der Waals surface area (Å²) in [6, 6.07) is 4.53. The molecule has 3 rings (SSSR count). The van der Waals surface area contributed by atoms with Gasteiger partial charge in [0.05, 0.1) is 23.5 Å². The van der Waals surface area contributed by atoms with E-state index in [4.69, 9.17) is 4.74 Å². The molecule has 1 amide bonds. The molecule has 0 aromatic carbocycles.